The molecule has 1 fully saturated rings. The van der Waals surface area contributed by atoms with E-state index in [1.54, 1.807) is 12.1 Å². The molecule has 1 aliphatic carbocycles. The molecule has 102 valence electrons. The summed E-state index contributed by atoms with van der Waals surface area (Å²) in [5.74, 6) is -0.0420. The first-order valence-corrected chi connectivity index (χ1v) is 6.42. The van der Waals surface area contributed by atoms with Crippen LogP contribution in [-0.4, -0.2) is 23.4 Å². The van der Waals surface area contributed by atoms with Crippen molar-refractivity contribution in [3.63, 3.8) is 0 Å². The Kier molecular flexibility index (Phi) is 4.21. The van der Waals surface area contributed by atoms with E-state index in [-0.39, 0.29) is 23.0 Å². The molecule has 19 heavy (non-hydrogen) atoms. The first kappa shape index (κ1) is 13.6. The molecular weight excluding hydrogens is 270 g/mol. The number of para-hydroxylation sites is 1. The number of nitrogens with zero attached hydrogens (tertiary/aromatic N) is 1. The molecular formula is C12H14ClN3O3. The Bertz CT molecular complexity index is 503. The summed E-state index contributed by atoms with van der Waals surface area (Å²) < 4.78 is 0. The number of nitro groups is 1. The molecule has 0 heterocycles. The molecule has 7 heteroatoms. The molecule has 0 bridgehead atoms. The van der Waals surface area contributed by atoms with Gasteiger partial charge < -0.3 is 10.6 Å². The van der Waals surface area contributed by atoms with Crippen molar-refractivity contribution in [1.29, 1.82) is 0 Å². The second-order valence-electron chi connectivity index (χ2n) is 4.41. The van der Waals surface area contributed by atoms with Crippen molar-refractivity contribution in [1.82, 2.24) is 5.32 Å². The molecule has 1 aliphatic rings. The van der Waals surface area contributed by atoms with Crippen LogP contribution in [0.3, 0.4) is 0 Å². The highest BCUT2D eigenvalue weighted by molar-refractivity contribution is 6.33. The molecule has 0 spiro atoms. The summed E-state index contributed by atoms with van der Waals surface area (Å²) in [7, 11) is 0. The largest absolute Gasteiger partial charge is 0.379 e. The van der Waals surface area contributed by atoms with Crippen LogP contribution in [0.1, 0.15) is 19.3 Å². The fraction of sp³-hybridized carbons (Fsp3) is 0.417. The SMILES string of the molecule is O=C(CCNc1cccc(Cl)c1[N+](=O)[O-])NC1CC1. The highest BCUT2D eigenvalue weighted by atomic mass is 35.5. The Morgan fingerprint density at radius 2 is 2.21 bits per heavy atom. The molecule has 0 radical (unpaired) electrons. The molecule has 1 aromatic rings. The van der Waals surface area contributed by atoms with Crippen molar-refractivity contribution in [2.45, 2.75) is 25.3 Å². The number of amides is 1. The number of anilines is 1. The lowest BCUT2D eigenvalue weighted by atomic mass is 10.2. The Morgan fingerprint density at radius 1 is 1.47 bits per heavy atom. The van der Waals surface area contributed by atoms with Gasteiger partial charge in [0.2, 0.25) is 5.91 Å². The normalized spacial score (nSPS) is 13.9. The third kappa shape index (κ3) is 3.82. The van der Waals surface area contributed by atoms with E-state index in [2.05, 4.69) is 10.6 Å². The van der Waals surface area contributed by atoms with E-state index in [1.807, 2.05) is 0 Å². The van der Waals surface area contributed by atoms with Crippen LogP contribution in [-0.2, 0) is 4.79 Å². The van der Waals surface area contributed by atoms with Crippen LogP contribution in [0.5, 0.6) is 0 Å². The van der Waals surface area contributed by atoms with Crippen LogP contribution in [0.15, 0.2) is 18.2 Å². The Hall–Kier alpha value is -1.82. The summed E-state index contributed by atoms with van der Waals surface area (Å²) in [5, 5.41) is 16.7. The van der Waals surface area contributed by atoms with Crippen molar-refractivity contribution in [2.75, 3.05) is 11.9 Å². The Balaban J connectivity index is 1.89. The second kappa shape index (κ2) is 5.88. The van der Waals surface area contributed by atoms with E-state index in [9.17, 15) is 14.9 Å². The highest BCUT2D eigenvalue weighted by Crippen LogP contribution is 2.32. The third-order valence-corrected chi connectivity index (χ3v) is 3.08. The van der Waals surface area contributed by atoms with Crippen LogP contribution in [0, 0.1) is 10.1 Å². The molecule has 1 aromatic carbocycles. The maximum Gasteiger partial charge on any atom is 0.310 e. The van der Waals surface area contributed by atoms with Gasteiger partial charge in [-0.05, 0) is 25.0 Å². The van der Waals surface area contributed by atoms with Gasteiger partial charge in [-0.25, -0.2) is 0 Å². The monoisotopic (exact) mass is 283 g/mol. The average molecular weight is 284 g/mol. The van der Waals surface area contributed by atoms with Gasteiger partial charge in [0.25, 0.3) is 0 Å². The lowest BCUT2D eigenvalue weighted by molar-refractivity contribution is -0.383. The second-order valence-corrected chi connectivity index (χ2v) is 4.82. The van der Waals surface area contributed by atoms with Crippen molar-refractivity contribution in [3.8, 4) is 0 Å². The first-order valence-electron chi connectivity index (χ1n) is 6.04. The summed E-state index contributed by atoms with van der Waals surface area (Å²) >= 11 is 5.78. The fourth-order valence-corrected chi connectivity index (χ4v) is 1.93. The summed E-state index contributed by atoms with van der Waals surface area (Å²) in [6.07, 6.45) is 2.36. The van der Waals surface area contributed by atoms with Crippen LogP contribution in [0.4, 0.5) is 11.4 Å². The maximum atomic E-state index is 11.5. The third-order valence-electron chi connectivity index (χ3n) is 2.78. The maximum absolute atomic E-state index is 11.5. The number of hydrogen-bond donors (Lipinski definition) is 2. The average Bonchev–Trinajstić information content (AvgIpc) is 3.12. The van der Waals surface area contributed by atoms with E-state index >= 15 is 0 Å². The molecule has 6 nitrogen and oxygen atoms in total. The van der Waals surface area contributed by atoms with E-state index in [0.29, 0.717) is 18.3 Å². The smallest absolute Gasteiger partial charge is 0.310 e. The molecule has 0 saturated heterocycles. The van der Waals surface area contributed by atoms with Crippen molar-refractivity contribution >= 4 is 28.9 Å². The highest BCUT2D eigenvalue weighted by Gasteiger charge is 2.23. The number of carbonyl (C=O) groups is 1. The number of carbonyl (C=O) groups excluding carboxylic acids is 1. The van der Waals surface area contributed by atoms with E-state index in [4.69, 9.17) is 11.6 Å². The van der Waals surface area contributed by atoms with Crippen LogP contribution in [0.2, 0.25) is 5.02 Å². The predicted molar refractivity (Wildman–Crippen MR) is 72.4 cm³/mol. The standard InChI is InChI=1S/C12H14ClN3O3/c13-9-2-1-3-10(12(9)16(18)19)14-7-6-11(17)15-8-4-5-8/h1-3,8,14H,4-7H2,(H,15,17). The molecule has 1 saturated carbocycles. The number of nitrogens with one attached hydrogen (secondary N) is 2. The molecule has 0 aromatic heterocycles. The van der Waals surface area contributed by atoms with Gasteiger partial charge in [0, 0.05) is 19.0 Å². The molecule has 2 rings (SSSR count). The summed E-state index contributed by atoms with van der Waals surface area (Å²) in [4.78, 5) is 21.8. The van der Waals surface area contributed by atoms with Crippen LogP contribution in [0.25, 0.3) is 0 Å². The molecule has 0 aliphatic heterocycles. The molecule has 1 amide bonds. The van der Waals surface area contributed by atoms with Gasteiger partial charge in [-0.3, -0.25) is 14.9 Å². The van der Waals surface area contributed by atoms with Gasteiger partial charge in [0.1, 0.15) is 10.7 Å². The Morgan fingerprint density at radius 3 is 2.84 bits per heavy atom. The quantitative estimate of drug-likeness (QED) is 0.620. The van der Waals surface area contributed by atoms with Crippen LogP contribution < -0.4 is 10.6 Å². The number of rotatable bonds is 6. The van der Waals surface area contributed by atoms with Gasteiger partial charge in [-0.2, -0.15) is 0 Å². The molecule has 0 unspecified atom stereocenters. The van der Waals surface area contributed by atoms with Crippen molar-refractivity contribution in [2.24, 2.45) is 0 Å². The molecule has 0 atom stereocenters. The van der Waals surface area contributed by atoms with Gasteiger partial charge in [0.15, 0.2) is 0 Å². The van der Waals surface area contributed by atoms with Gasteiger partial charge >= 0.3 is 5.69 Å². The minimum atomic E-state index is -0.533. The zero-order valence-corrected chi connectivity index (χ0v) is 10.9. The number of benzene rings is 1. The number of nitro benzene ring substituents is 1. The summed E-state index contributed by atoms with van der Waals surface area (Å²) in [6, 6.07) is 4.99. The van der Waals surface area contributed by atoms with Crippen molar-refractivity contribution in [3.05, 3.63) is 33.3 Å². The zero-order valence-electron chi connectivity index (χ0n) is 10.2. The lowest BCUT2D eigenvalue weighted by Gasteiger charge is -2.08. The minimum absolute atomic E-state index is 0.0420. The van der Waals surface area contributed by atoms with E-state index in [0.717, 1.165) is 12.8 Å². The van der Waals surface area contributed by atoms with Crippen molar-refractivity contribution < 1.29 is 9.72 Å². The predicted octanol–water partition coefficient (Wildman–Crippen LogP) is 2.33. The number of halogens is 1. The topological polar surface area (TPSA) is 84.3 Å². The Labute approximate surface area is 115 Å². The summed E-state index contributed by atoms with van der Waals surface area (Å²) in [6.45, 7) is 0.333. The van der Waals surface area contributed by atoms with Gasteiger partial charge in [-0.1, -0.05) is 17.7 Å². The van der Waals surface area contributed by atoms with Gasteiger partial charge in [-0.15, -0.1) is 0 Å². The van der Waals surface area contributed by atoms with E-state index in [1.165, 1.54) is 6.07 Å². The van der Waals surface area contributed by atoms with E-state index < -0.39 is 4.92 Å². The number of hydrogen-bond acceptors (Lipinski definition) is 4. The van der Waals surface area contributed by atoms with Crippen LogP contribution >= 0.6 is 11.6 Å². The fourth-order valence-electron chi connectivity index (χ4n) is 1.68. The zero-order chi connectivity index (χ0) is 13.8. The lowest BCUT2D eigenvalue weighted by Crippen LogP contribution is -2.27. The minimum Gasteiger partial charge on any atom is -0.379 e. The summed E-state index contributed by atoms with van der Waals surface area (Å²) in [5.41, 5.74) is 0.170. The molecule has 2 N–H and O–H groups in total. The first-order chi connectivity index (χ1) is 9.08. The van der Waals surface area contributed by atoms with Gasteiger partial charge in [0.05, 0.1) is 4.92 Å².